The summed E-state index contributed by atoms with van der Waals surface area (Å²) in [6.07, 6.45) is 1.70. The summed E-state index contributed by atoms with van der Waals surface area (Å²) in [6.45, 7) is -0.0650. The summed E-state index contributed by atoms with van der Waals surface area (Å²) < 4.78 is 6.90. The number of pyridine rings is 1. The molecule has 0 saturated heterocycles. The highest BCUT2D eigenvalue weighted by atomic mass is 79.9. The lowest BCUT2D eigenvalue weighted by molar-refractivity contribution is 0.274. The van der Waals surface area contributed by atoms with E-state index < -0.39 is 0 Å². The smallest absolute Gasteiger partial charge is 0.120 e. The van der Waals surface area contributed by atoms with Crippen LogP contribution in [0.4, 0.5) is 5.69 Å². The van der Waals surface area contributed by atoms with E-state index in [4.69, 9.17) is 4.74 Å². The van der Waals surface area contributed by atoms with E-state index in [-0.39, 0.29) is 12.6 Å². The Labute approximate surface area is 134 Å². The van der Waals surface area contributed by atoms with E-state index in [0.29, 0.717) is 0 Å². The molecular weight excluding hydrogens is 388 g/mol. The minimum absolute atomic E-state index is 0.0650. The van der Waals surface area contributed by atoms with Crippen LogP contribution in [0.15, 0.2) is 45.5 Å². The van der Waals surface area contributed by atoms with Crippen molar-refractivity contribution in [3.8, 4) is 5.75 Å². The third-order valence-electron chi connectivity index (χ3n) is 2.76. The highest BCUT2D eigenvalue weighted by molar-refractivity contribution is 9.11. The maximum Gasteiger partial charge on any atom is 0.120 e. The van der Waals surface area contributed by atoms with Crippen LogP contribution >= 0.6 is 31.9 Å². The summed E-state index contributed by atoms with van der Waals surface area (Å²) in [5, 5.41) is 12.8. The lowest BCUT2D eigenvalue weighted by Gasteiger charge is -2.19. The largest absolute Gasteiger partial charge is 0.497 e. The number of anilines is 1. The number of rotatable bonds is 5. The second-order valence-electron chi connectivity index (χ2n) is 4.13. The third kappa shape index (κ3) is 3.71. The molecule has 0 aliphatic rings. The van der Waals surface area contributed by atoms with E-state index in [2.05, 4.69) is 42.2 Å². The van der Waals surface area contributed by atoms with Gasteiger partial charge in [0.05, 0.1) is 25.5 Å². The molecule has 0 radical (unpaired) electrons. The molecule has 0 saturated carbocycles. The fourth-order valence-electron chi connectivity index (χ4n) is 1.80. The molecular formula is C14H14Br2N2O2. The summed E-state index contributed by atoms with van der Waals surface area (Å²) in [5.41, 5.74) is 1.61. The maximum absolute atomic E-state index is 9.59. The number of halogens is 2. The van der Waals surface area contributed by atoms with Crippen molar-refractivity contribution in [1.29, 1.82) is 0 Å². The van der Waals surface area contributed by atoms with Crippen molar-refractivity contribution < 1.29 is 9.84 Å². The van der Waals surface area contributed by atoms with Crippen molar-refractivity contribution in [3.05, 3.63) is 51.2 Å². The van der Waals surface area contributed by atoms with Gasteiger partial charge in [-0.25, -0.2) is 0 Å². The Balaban J connectivity index is 2.23. The molecule has 1 atom stereocenters. The Morgan fingerprint density at radius 1 is 1.35 bits per heavy atom. The summed E-state index contributed by atoms with van der Waals surface area (Å²) in [5.74, 6) is 0.759. The number of aliphatic hydroxyl groups is 1. The van der Waals surface area contributed by atoms with Crippen molar-refractivity contribution in [1.82, 2.24) is 4.98 Å². The van der Waals surface area contributed by atoms with Gasteiger partial charge in [0.15, 0.2) is 0 Å². The van der Waals surface area contributed by atoms with Crippen molar-refractivity contribution in [2.45, 2.75) is 6.04 Å². The maximum atomic E-state index is 9.59. The number of hydrogen-bond donors (Lipinski definition) is 2. The number of benzene rings is 1. The number of aromatic nitrogens is 1. The van der Waals surface area contributed by atoms with Crippen LogP contribution in [0.1, 0.15) is 11.7 Å². The van der Waals surface area contributed by atoms with E-state index in [1.807, 2.05) is 30.3 Å². The molecule has 1 aromatic carbocycles. The lowest BCUT2D eigenvalue weighted by Crippen LogP contribution is -2.16. The van der Waals surface area contributed by atoms with E-state index in [1.54, 1.807) is 13.3 Å². The average molecular weight is 402 g/mol. The number of hydrogen-bond acceptors (Lipinski definition) is 4. The Morgan fingerprint density at radius 3 is 2.80 bits per heavy atom. The van der Waals surface area contributed by atoms with Crippen molar-refractivity contribution in [2.24, 2.45) is 0 Å². The summed E-state index contributed by atoms with van der Waals surface area (Å²) in [4.78, 5) is 4.34. The van der Waals surface area contributed by atoms with Crippen molar-refractivity contribution >= 4 is 37.5 Å². The first-order valence-electron chi connectivity index (χ1n) is 5.96. The Hall–Kier alpha value is -1.11. The van der Waals surface area contributed by atoms with Crippen LogP contribution in [-0.4, -0.2) is 23.8 Å². The zero-order valence-corrected chi connectivity index (χ0v) is 14.0. The average Bonchev–Trinajstić information content (AvgIpc) is 2.45. The van der Waals surface area contributed by atoms with Gasteiger partial charge in [-0.15, -0.1) is 0 Å². The molecule has 0 aliphatic heterocycles. The molecule has 2 N–H and O–H groups in total. The summed E-state index contributed by atoms with van der Waals surface area (Å²) >= 11 is 6.82. The van der Waals surface area contributed by atoms with Gasteiger partial charge in [0.2, 0.25) is 0 Å². The van der Waals surface area contributed by atoms with Gasteiger partial charge in [0, 0.05) is 26.9 Å². The molecule has 6 heteroatoms. The second kappa shape index (κ2) is 7.06. The minimum Gasteiger partial charge on any atom is -0.497 e. The van der Waals surface area contributed by atoms with Crippen LogP contribution in [-0.2, 0) is 0 Å². The molecule has 0 spiro atoms. The van der Waals surface area contributed by atoms with Crippen molar-refractivity contribution in [3.63, 3.8) is 0 Å². The van der Waals surface area contributed by atoms with Gasteiger partial charge in [-0.1, -0.05) is 6.07 Å². The first-order chi connectivity index (χ1) is 9.63. The monoisotopic (exact) mass is 400 g/mol. The van der Waals surface area contributed by atoms with Crippen LogP contribution < -0.4 is 10.1 Å². The van der Waals surface area contributed by atoms with E-state index >= 15 is 0 Å². The van der Waals surface area contributed by atoms with E-state index in [0.717, 1.165) is 26.1 Å². The lowest BCUT2D eigenvalue weighted by atomic mass is 10.2. The van der Waals surface area contributed by atoms with Gasteiger partial charge < -0.3 is 15.2 Å². The topological polar surface area (TPSA) is 54.4 Å². The molecule has 20 heavy (non-hydrogen) atoms. The third-order valence-corrected chi connectivity index (χ3v) is 3.83. The highest BCUT2D eigenvalue weighted by Gasteiger charge is 2.15. The first-order valence-corrected chi connectivity index (χ1v) is 7.55. The Kier molecular flexibility index (Phi) is 5.39. The quantitative estimate of drug-likeness (QED) is 0.800. The first kappa shape index (κ1) is 15.3. The van der Waals surface area contributed by atoms with Gasteiger partial charge in [-0.05, 0) is 50.1 Å². The molecule has 1 unspecified atom stereocenters. The van der Waals surface area contributed by atoms with Gasteiger partial charge in [0.1, 0.15) is 5.75 Å². The zero-order chi connectivity index (χ0) is 14.5. The van der Waals surface area contributed by atoms with Crippen LogP contribution in [0.2, 0.25) is 0 Å². The second-order valence-corrected chi connectivity index (χ2v) is 5.90. The summed E-state index contributed by atoms with van der Waals surface area (Å²) in [7, 11) is 1.62. The Morgan fingerprint density at radius 2 is 2.15 bits per heavy atom. The normalized spacial score (nSPS) is 12.0. The number of nitrogens with one attached hydrogen (secondary N) is 1. The molecule has 0 fully saturated rings. The number of nitrogens with zero attached hydrogens (tertiary/aromatic N) is 1. The van der Waals surface area contributed by atoms with Gasteiger partial charge in [-0.2, -0.15) is 0 Å². The molecule has 0 amide bonds. The van der Waals surface area contributed by atoms with E-state index in [9.17, 15) is 5.11 Å². The molecule has 0 aliphatic carbocycles. The van der Waals surface area contributed by atoms with Crippen LogP contribution in [0, 0.1) is 0 Å². The minimum atomic E-state index is -0.301. The van der Waals surface area contributed by atoms with Gasteiger partial charge in [-0.3, -0.25) is 4.98 Å². The highest BCUT2D eigenvalue weighted by Crippen LogP contribution is 2.28. The number of ether oxygens (including phenoxy) is 1. The van der Waals surface area contributed by atoms with Gasteiger partial charge in [0.25, 0.3) is 0 Å². The van der Waals surface area contributed by atoms with Crippen molar-refractivity contribution in [2.75, 3.05) is 19.0 Å². The van der Waals surface area contributed by atoms with E-state index in [1.165, 1.54) is 0 Å². The van der Waals surface area contributed by atoms with Crippen LogP contribution in [0.25, 0.3) is 0 Å². The summed E-state index contributed by atoms with van der Waals surface area (Å²) in [6, 6.07) is 9.14. The molecule has 1 aromatic heterocycles. The van der Waals surface area contributed by atoms with Crippen LogP contribution in [0.3, 0.4) is 0 Å². The molecule has 2 aromatic rings. The zero-order valence-electron chi connectivity index (χ0n) is 10.8. The molecule has 106 valence electrons. The Bertz CT molecular complexity index is 593. The SMILES string of the molecule is COc1cccc(NC(CO)c2ncc(Br)cc2Br)c1. The fourth-order valence-corrected chi connectivity index (χ4v) is 3.06. The number of aliphatic hydroxyl groups excluding tert-OH is 1. The predicted molar refractivity (Wildman–Crippen MR) is 86.1 cm³/mol. The number of methoxy groups -OCH3 is 1. The predicted octanol–water partition coefficient (Wildman–Crippen LogP) is 3.76. The molecule has 4 nitrogen and oxygen atoms in total. The standard InChI is InChI=1S/C14H14Br2N2O2/c1-20-11-4-2-3-10(6-11)18-13(8-19)14-12(16)5-9(15)7-17-14/h2-7,13,18-19H,8H2,1H3. The van der Waals surface area contributed by atoms with Gasteiger partial charge >= 0.3 is 0 Å². The molecule has 1 heterocycles. The fraction of sp³-hybridized carbons (Fsp3) is 0.214. The molecule has 0 bridgehead atoms. The molecule has 2 rings (SSSR count). The van der Waals surface area contributed by atoms with Crippen LogP contribution in [0.5, 0.6) is 5.75 Å².